The van der Waals surface area contributed by atoms with Gasteiger partial charge in [0, 0.05) is 31.7 Å². The number of carbonyl (C=O) groups excluding carboxylic acids is 2. The lowest BCUT2D eigenvalue weighted by Gasteiger charge is -2.31. The Bertz CT molecular complexity index is 680. The molecule has 24 heavy (non-hydrogen) atoms. The first-order chi connectivity index (χ1) is 11.7. The summed E-state index contributed by atoms with van der Waals surface area (Å²) in [4.78, 5) is 30.5. The Labute approximate surface area is 141 Å². The van der Waals surface area contributed by atoms with Gasteiger partial charge < -0.3 is 10.2 Å². The second-order valence-corrected chi connectivity index (χ2v) is 5.98. The highest BCUT2D eigenvalue weighted by molar-refractivity contribution is 5.92. The smallest absolute Gasteiger partial charge is 0.272 e. The van der Waals surface area contributed by atoms with Gasteiger partial charge in [0.1, 0.15) is 5.69 Å². The van der Waals surface area contributed by atoms with Crippen molar-refractivity contribution in [1.82, 2.24) is 15.2 Å². The third kappa shape index (κ3) is 3.98. The van der Waals surface area contributed by atoms with Crippen molar-refractivity contribution in [3.8, 4) is 0 Å². The maximum Gasteiger partial charge on any atom is 0.272 e. The summed E-state index contributed by atoms with van der Waals surface area (Å²) in [6, 6.07) is 15.2. The van der Waals surface area contributed by atoms with E-state index in [1.54, 1.807) is 23.2 Å². The molecule has 2 heterocycles. The molecule has 2 aromatic rings. The number of aromatic nitrogens is 1. The molecule has 5 nitrogen and oxygen atoms in total. The van der Waals surface area contributed by atoms with Crippen molar-refractivity contribution in [3.63, 3.8) is 0 Å². The van der Waals surface area contributed by atoms with E-state index in [2.05, 4.69) is 10.3 Å². The monoisotopic (exact) mass is 323 g/mol. The van der Waals surface area contributed by atoms with Crippen molar-refractivity contribution in [2.45, 2.75) is 19.4 Å². The molecule has 0 spiro atoms. The first kappa shape index (κ1) is 16.2. The number of nitrogens with zero attached hydrogens (tertiary/aromatic N) is 2. The Hall–Kier alpha value is -2.69. The van der Waals surface area contributed by atoms with Crippen molar-refractivity contribution in [3.05, 3.63) is 66.0 Å². The number of likely N-dealkylation sites (tertiary alicyclic amines) is 1. The van der Waals surface area contributed by atoms with Crippen LogP contribution in [0.4, 0.5) is 0 Å². The van der Waals surface area contributed by atoms with Crippen molar-refractivity contribution in [2.75, 3.05) is 13.1 Å². The Morgan fingerprint density at radius 3 is 2.42 bits per heavy atom. The first-order valence-corrected chi connectivity index (χ1v) is 8.26. The van der Waals surface area contributed by atoms with E-state index in [4.69, 9.17) is 0 Å². The van der Waals surface area contributed by atoms with Gasteiger partial charge in [-0.15, -0.1) is 0 Å². The standard InChI is InChI=1S/C19H21N3O2/c23-18(21-14-15-6-2-1-3-7-15)16-9-12-22(13-10-16)19(24)17-8-4-5-11-20-17/h1-8,11,16H,9-10,12-14H2,(H,21,23). The van der Waals surface area contributed by atoms with E-state index in [1.807, 2.05) is 36.4 Å². The molecule has 0 bridgehead atoms. The molecule has 3 rings (SSSR count). The molecular formula is C19H21N3O2. The molecule has 0 saturated carbocycles. The van der Waals surface area contributed by atoms with Gasteiger partial charge in [0.2, 0.25) is 5.91 Å². The zero-order chi connectivity index (χ0) is 16.8. The van der Waals surface area contributed by atoms with E-state index in [0.29, 0.717) is 38.2 Å². The lowest BCUT2D eigenvalue weighted by molar-refractivity contribution is -0.126. The van der Waals surface area contributed by atoms with E-state index in [0.717, 1.165) is 5.56 Å². The highest BCUT2D eigenvalue weighted by Crippen LogP contribution is 2.19. The molecule has 0 atom stereocenters. The minimum absolute atomic E-state index is 0.0264. The molecule has 1 N–H and O–H groups in total. The number of pyridine rings is 1. The summed E-state index contributed by atoms with van der Waals surface area (Å²) < 4.78 is 0. The fourth-order valence-corrected chi connectivity index (χ4v) is 2.93. The molecule has 0 unspecified atom stereocenters. The average molecular weight is 323 g/mol. The molecule has 1 aliphatic rings. The van der Waals surface area contributed by atoms with E-state index in [-0.39, 0.29) is 17.7 Å². The van der Waals surface area contributed by atoms with Crippen molar-refractivity contribution in [2.24, 2.45) is 5.92 Å². The summed E-state index contributed by atoms with van der Waals surface area (Å²) >= 11 is 0. The number of piperidine rings is 1. The Morgan fingerprint density at radius 1 is 1.04 bits per heavy atom. The van der Waals surface area contributed by atoms with Gasteiger partial charge in [-0.3, -0.25) is 14.6 Å². The van der Waals surface area contributed by atoms with Gasteiger partial charge in [-0.1, -0.05) is 36.4 Å². The predicted octanol–water partition coefficient (Wildman–Crippen LogP) is 2.25. The number of nitrogens with one attached hydrogen (secondary N) is 1. The van der Waals surface area contributed by atoms with Crippen LogP contribution in [0, 0.1) is 5.92 Å². The van der Waals surface area contributed by atoms with Crippen LogP contribution >= 0.6 is 0 Å². The van der Waals surface area contributed by atoms with Gasteiger partial charge in [0.25, 0.3) is 5.91 Å². The lowest BCUT2D eigenvalue weighted by atomic mass is 9.95. The summed E-state index contributed by atoms with van der Waals surface area (Å²) in [6.07, 6.45) is 3.01. The average Bonchev–Trinajstić information content (AvgIpc) is 2.67. The molecule has 1 fully saturated rings. The Kier molecular flexibility index (Phi) is 5.21. The van der Waals surface area contributed by atoms with Crippen LogP contribution in [0.15, 0.2) is 54.7 Å². The van der Waals surface area contributed by atoms with Crippen LogP contribution in [0.3, 0.4) is 0 Å². The highest BCUT2D eigenvalue weighted by atomic mass is 16.2. The van der Waals surface area contributed by atoms with Crippen molar-refractivity contribution >= 4 is 11.8 Å². The molecular weight excluding hydrogens is 302 g/mol. The summed E-state index contributed by atoms with van der Waals surface area (Å²) in [7, 11) is 0. The first-order valence-electron chi connectivity index (χ1n) is 8.26. The number of amides is 2. The predicted molar refractivity (Wildman–Crippen MR) is 91.2 cm³/mol. The van der Waals surface area contributed by atoms with E-state index >= 15 is 0 Å². The minimum Gasteiger partial charge on any atom is -0.352 e. The molecule has 124 valence electrons. The largest absolute Gasteiger partial charge is 0.352 e. The molecule has 0 aliphatic carbocycles. The maximum absolute atomic E-state index is 12.3. The zero-order valence-electron chi connectivity index (χ0n) is 13.5. The number of carbonyl (C=O) groups is 2. The number of benzene rings is 1. The lowest BCUT2D eigenvalue weighted by Crippen LogP contribution is -2.43. The van der Waals surface area contributed by atoms with Crippen LogP contribution in [0.2, 0.25) is 0 Å². The van der Waals surface area contributed by atoms with Crippen LogP contribution < -0.4 is 5.32 Å². The van der Waals surface area contributed by atoms with Crippen LogP contribution in [-0.4, -0.2) is 34.8 Å². The fourth-order valence-electron chi connectivity index (χ4n) is 2.93. The van der Waals surface area contributed by atoms with Gasteiger partial charge in [0.15, 0.2) is 0 Å². The van der Waals surface area contributed by atoms with Crippen LogP contribution in [0.5, 0.6) is 0 Å². The molecule has 1 aromatic carbocycles. The van der Waals surface area contributed by atoms with Crippen LogP contribution in [0.25, 0.3) is 0 Å². The molecule has 1 aliphatic heterocycles. The molecule has 1 saturated heterocycles. The molecule has 0 radical (unpaired) electrons. The summed E-state index contributed by atoms with van der Waals surface area (Å²) in [5.41, 5.74) is 1.55. The van der Waals surface area contributed by atoms with Gasteiger partial charge in [0.05, 0.1) is 0 Å². The maximum atomic E-state index is 12.3. The highest BCUT2D eigenvalue weighted by Gasteiger charge is 2.27. The van der Waals surface area contributed by atoms with E-state index in [1.165, 1.54) is 0 Å². The quantitative estimate of drug-likeness (QED) is 0.939. The SMILES string of the molecule is O=C(NCc1ccccc1)C1CCN(C(=O)c2ccccn2)CC1. The molecule has 2 amide bonds. The zero-order valence-corrected chi connectivity index (χ0v) is 13.5. The second kappa shape index (κ2) is 7.73. The van der Waals surface area contributed by atoms with Crippen LogP contribution in [0.1, 0.15) is 28.9 Å². The van der Waals surface area contributed by atoms with Crippen molar-refractivity contribution < 1.29 is 9.59 Å². The second-order valence-electron chi connectivity index (χ2n) is 5.98. The van der Waals surface area contributed by atoms with Gasteiger partial charge in [-0.05, 0) is 30.5 Å². The Balaban J connectivity index is 1.48. The van der Waals surface area contributed by atoms with Gasteiger partial charge in [-0.2, -0.15) is 0 Å². The minimum atomic E-state index is -0.0567. The van der Waals surface area contributed by atoms with E-state index in [9.17, 15) is 9.59 Å². The number of rotatable bonds is 4. The molecule has 1 aromatic heterocycles. The third-order valence-electron chi connectivity index (χ3n) is 4.35. The summed E-state index contributed by atoms with van der Waals surface area (Å²) in [5.74, 6) is -0.0102. The fraction of sp³-hybridized carbons (Fsp3) is 0.316. The van der Waals surface area contributed by atoms with Crippen molar-refractivity contribution in [1.29, 1.82) is 0 Å². The number of hydrogen-bond donors (Lipinski definition) is 1. The number of hydrogen-bond acceptors (Lipinski definition) is 3. The van der Waals surface area contributed by atoms with Gasteiger partial charge in [-0.25, -0.2) is 0 Å². The summed E-state index contributed by atoms with van der Waals surface area (Å²) in [5, 5.41) is 2.99. The van der Waals surface area contributed by atoms with Gasteiger partial charge >= 0.3 is 0 Å². The molecule has 5 heteroatoms. The normalized spacial score (nSPS) is 15.1. The third-order valence-corrected chi connectivity index (χ3v) is 4.35. The van der Waals surface area contributed by atoms with Crippen LogP contribution in [-0.2, 0) is 11.3 Å². The summed E-state index contributed by atoms with van der Waals surface area (Å²) in [6.45, 7) is 1.74. The Morgan fingerprint density at radius 2 is 1.75 bits per heavy atom. The topological polar surface area (TPSA) is 62.3 Å². The van der Waals surface area contributed by atoms with E-state index < -0.39 is 0 Å².